The Morgan fingerprint density at radius 2 is 2.10 bits per heavy atom. The number of nitrogens with two attached hydrogens (primary N) is 1. The van der Waals surface area contributed by atoms with Gasteiger partial charge in [-0.2, -0.15) is 11.8 Å². The van der Waals surface area contributed by atoms with Crippen molar-refractivity contribution in [2.75, 3.05) is 24.7 Å². The smallest absolute Gasteiger partial charge is 0.329 e. The van der Waals surface area contributed by atoms with Gasteiger partial charge < -0.3 is 15.4 Å². The van der Waals surface area contributed by atoms with Crippen LogP contribution in [0.4, 0.5) is 0 Å². The largest absolute Gasteiger partial charge is 0.464 e. The van der Waals surface area contributed by atoms with Gasteiger partial charge in [0.1, 0.15) is 6.04 Å². The molecule has 3 unspecified atom stereocenters. The quantitative estimate of drug-likeness (QED) is 0.723. The third-order valence-corrected chi connectivity index (χ3v) is 4.71. The summed E-state index contributed by atoms with van der Waals surface area (Å²) < 4.78 is 5.09. The number of carbonyl (C=O) groups is 2. The Bertz CT molecular complexity index is 350. The van der Waals surface area contributed by atoms with Crippen molar-refractivity contribution in [2.45, 2.75) is 52.1 Å². The van der Waals surface area contributed by atoms with Gasteiger partial charge in [-0.25, -0.2) is 4.79 Å². The molecule has 0 bridgehead atoms. The summed E-state index contributed by atoms with van der Waals surface area (Å²) in [4.78, 5) is 26.3. The molecular weight excluding hydrogens is 288 g/mol. The van der Waals surface area contributed by atoms with Crippen LogP contribution < -0.4 is 5.73 Å². The highest BCUT2D eigenvalue weighted by Crippen LogP contribution is 2.22. The van der Waals surface area contributed by atoms with Gasteiger partial charge in [0.05, 0.1) is 6.61 Å². The zero-order valence-corrected chi connectivity index (χ0v) is 14.2. The van der Waals surface area contributed by atoms with Gasteiger partial charge in [0.2, 0.25) is 5.91 Å². The molecule has 0 aliphatic carbocycles. The maximum absolute atomic E-state index is 12.6. The third-order valence-electron chi connectivity index (χ3n) is 3.69. The number of nitrogens with zero attached hydrogens (tertiary/aromatic N) is 1. The van der Waals surface area contributed by atoms with Crippen LogP contribution in [0.5, 0.6) is 0 Å². The van der Waals surface area contributed by atoms with E-state index in [9.17, 15) is 9.59 Å². The van der Waals surface area contributed by atoms with E-state index in [2.05, 4.69) is 0 Å². The van der Waals surface area contributed by atoms with Crippen LogP contribution in [-0.4, -0.2) is 53.5 Å². The molecule has 1 saturated heterocycles. The van der Waals surface area contributed by atoms with Gasteiger partial charge >= 0.3 is 5.97 Å². The monoisotopic (exact) mass is 316 g/mol. The summed E-state index contributed by atoms with van der Waals surface area (Å²) in [5.41, 5.74) is 5.73. The molecule has 1 aliphatic heterocycles. The standard InChI is InChI=1S/C15H28N2O3S/c1-4-20-15(19)13-10-21-9-8-17(13)14(18)11(2)6-5-7-12(3)16/h11-13H,4-10,16H2,1-3H3. The number of carbonyl (C=O) groups excluding carboxylic acids is 2. The predicted molar refractivity (Wildman–Crippen MR) is 86.1 cm³/mol. The SMILES string of the molecule is CCOC(=O)C1CSCCN1C(=O)C(C)CCCC(C)N. The minimum absolute atomic E-state index is 0.0659. The van der Waals surface area contributed by atoms with Gasteiger partial charge in [0.15, 0.2) is 0 Å². The molecule has 0 spiro atoms. The molecule has 5 nitrogen and oxygen atoms in total. The Hall–Kier alpha value is -0.750. The van der Waals surface area contributed by atoms with Crippen molar-refractivity contribution in [1.29, 1.82) is 0 Å². The van der Waals surface area contributed by atoms with Gasteiger partial charge in [-0.1, -0.05) is 13.3 Å². The summed E-state index contributed by atoms with van der Waals surface area (Å²) in [5.74, 6) is 1.24. The summed E-state index contributed by atoms with van der Waals surface area (Å²) in [6.07, 6.45) is 2.69. The Morgan fingerprint density at radius 1 is 1.38 bits per heavy atom. The van der Waals surface area contributed by atoms with Crippen LogP contribution in [-0.2, 0) is 14.3 Å². The Labute approximate surface area is 132 Å². The molecule has 0 aromatic carbocycles. The second-order valence-electron chi connectivity index (χ2n) is 5.68. The van der Waals surface area contributed by atoms with Gasteiger partial charge in [-0.05, 0) is 26.7 Å². The van der Waals surface area contributed by atoms with E-state index in [4.69, 9.17) is 10.5 Å². The number of ether oxygens (including phenoxy) is 1. The molecule has 0 aromatic rings. The molecule has 1 fully saturated rings. The number of hydrogen-bond acceptors (Lipinski definition) is 5. The van der Waals surface area contributed by atoms with Gasteiger partial charge in [-0.3, -0.25) is 4.79 Å². The molecule has 3 atom stereocenters. The molecule has 1 rings (SSSR count). The number of esters is 1. The zero-order chi connectivity index (χ0) is 15.8. The normalized spacial score (nSPS) is 21.7. The zero-order valence-electron chi connectivity index (χ0n) is 13.3. The first-order valence-corrected chi connectivity index (χ1v) is 8.93. The van der Waals surface area contributed by atoms with Crippen molar-refractivity contribution in [1.82, 2.24) is 4.90 Å². The van der Waals surface area contributed by atoms with E-state index >= 15 is 0 Å². The average molecular weight is 316 g/mol. The average Bonchev–Trinajstić information content (AvgIpc) is 2.46. The topological polar surface area (TPSA) is 72.6 Å². The van der Waals surface area contributed by atoms with E-state index in [0.29, 0.717) is 18.9 Å². The first-order valence-electron chi connectivity index (χ1n) is 7.77. The highest BCUT2D eigenvalue weighted by Gasteiger charge is 2.35. The second kappa shape index (κ2) is 9.30. The van der Waals surface area contributed by atoms with E-state index in [-0.39, 0.29) is 23.8 Å². The van der Waals surface area contributed by atoms with Crippen LogP contribution in [0.1, 0.15) is 40.0 Å². The molecular formula is C15H28N2O3S. The first-order chi connectivity index (χ1) is 9.97. The number of thioether (sulfide) groups is 1. The minimum Gasteiger partial charge on any atom is -0.464 e. The fourth-order valence-corrected chi connectivity index (χ4v) is 3.49. The van der Waals surface area contributed by atoms with E-state index in [0.717, 1.165) is 25.0 Å². The van der Waals surface area contributed by atoms with Crippen molar-refractivity contribution in [3.05, 3.63) is 0 Å². The highest BCUT2D eigenvalue weighted by atomic mass is 32.2. The number of rotatable bonds is 7. The molecule has 1 heterocycles. The van der Waals surface area contributed by atoms with E-state index < -0.39 is 6.04 Å². The summed E-state index contributed by atoms with van der Waals surface area (Å²) in [6, 6.07) is -0.252. The molecule has 21 heavy (non-hydrogen) atoms. The number of hydrogen-bond donors (Lipinski definition) is 1. The molecule has 0 radical (unpaired) electrons. The van der Waals surface area contributed by atoms with E-state index in [1.807, 2.05) is 13.8 Å². The molecule has 0 saturated carbocycles. The molecule has 0 aromatic heterocycles. The third kappa shape index (κ3) is 5.87. The Morgan fingerprint density at radius 3 is 2.71 bits per heavy atom. The molecule has 1 aliphatic rings. The lowest BCUT2D eigenvalue weighted by Crippen LogP contribution is -2.52. The Kier molecular flexibility index (Phi) is 8.11. The summed E-state index contributed by atoms with van der Waals surface area (Å²) in [5, 5.41) is 0. The fraction of sp³-hybridized carbons (Fsp3) is 0.867. The van der Waals surface area contributed by atoms with Crippen molar-refractivity contribution in [3.63, 3.8) is 0 Å². The lowest BCUT2D eigenvalue weighted by Gasteiger charge is -2.35. The van der Waals surface area contributed by atoms with Crippen molar-refractivity contribution in [3.8, 4) is 0 Å². The second-order valence-corrected chi connectivity index (χ2v) is 6.83. The van der Waals surface area contributed by atoms with Crippen LogP contribution in [0, 0.1) is 5.92 Å². The highest BCUT2D eigenvalue weighted by molar-refractivity contribution is 7.99. The number of amides is 1. The van der Waals surface area contributed by atoms with E-state index in [1.54, 1.807) is 23.6 Å². The van der Waals surface area contributed by atoms with Crippen molar-refractivity contribution in [2.24, 2.45) is 11.7 Å². The van der Waals surface area contributed by atoms with E-state index in [1.165, 1.54) is 0 Å². The van der Waals surface area contributed by atoms with Crippen molar-refractivity contribution >= 4 is 23.6 Å². The van der Waals surface area contributed by atoms with Crippen LogP contribution in [0.3, 0.4) is 0 Å². The predicted octanol–water partition coefficient (Wildman–Crippen LogP) is 1.65. The van der Waals surface area contributed by atoms with Gasteiger partial charge in [0, 0.05) is 30.0 Å². The molecule has 2 N–H and O–H groups in total. The summed E-state index contributed by atoms with van der Waals surface area (Å²) in [7, 11) is 0. The van der Waals surface area contributed by atoms with Crippen LogP contribution in [0.15, 0.2) is 0 Å². The van der Waals surface area contributed by atoms with Gasteiger partial charge in [0.25, 0.3) is 0 Å². The van der Waals surface area contributed by atoms with Crippen LogP contribution >= 0.6 is 11.8 Å². The lowest BCUT2D eigenvalue weighted by molar-refractivity contribution is -0.155. The lowest BCUT2D eigenvalue weighted by atomic mass is 10.00. The fourth-order valence-electron chi connectivity index (χ4n) is 2.45. The maximum Gasteiger partial charge on any atom is 0.329 e. The maximum atomic E-state index is 12.6. The molecule has 122 valence electrons. The molecule has 6 heteroatoms. The first kappa shape index (κ1) is 18.3. The van der Waals surface area contributed by atoms with Crippen LogP contribution in [0.2, 0.25) is 0 Å². The van der Waals surface area contributed by atoms with Crippen LogP contribution in [0.25, 0.3) is 0 Å². The molecule has 1 amide bonds. The Balaban J connectivity index is 2.57. The van der Waals surface area contributed by atoms with Crippen molar-refractivity contribution < 1.29 is 14.3 Å². The summed E-state index contributed by atoms with van der Waals surface area (Å²) in [6.45, 7) is 6.69. The summed E-state index contributed by atoms with van der Waals surface area (Å²) >= 11 is 1.70. The van der Waals surface area contributed by atoms with Gasteiger partial charge in [-0.15, -0.1) is 0 Å². The minimum atomic E-state index is -0.424.